The van der Waals surface area contributed by atoms with Gasteiger partial charge in [-0.15, -0.1) is 0 Å². The quantitative estimate of drug-likeness (QED) is 0.654. The van der Waals surface area contributed by atoms with Gasteiger partial charge in [0.2, 0.25) is 5.91 Å². The van der Waals surface area contributed by atoms with E-state index in [0.717, 1.165) is 5.56 Å². The number of hydrogen-bond donors (Lipinski definition) is 2. The molecule has 0 aliphatic heterocycles. The van der Waals surface area contributed by atoms with Crippen LogP contribution in [0.15, 0.2) is 30.3 Å². The summed E-state index contributed by atoms with van der Waals surface area (Å²) in [5, 5.41) is 2.95. The number of amides is 1. The van der Waals surface area contributed by atoms with Crippen LogP contribution in [0.4, 0.5) is 0 Å². The lowest BCUT2D eigenvalue weighted by atomic mass is 10.2. The van der Waals surface area contributed by atoms with Gasteiger partial charge in [-0.3, -0.25) is 4.79 Å². The minimum atomic E-state index is -0.497. The molecular weight excluding hydrogens is 192 g/mol. The molecule has 0 radical (unpaired) electrons. The van der Waals surface area contributed by atoms with Crippen molar-refractivity contribution in [3.8, 4) is 0 Å². The molecule has 0 fully saturated rings. The molecule has 1 rings (SSSR count). The summed E-state index contributed by atoms with van der Waals surface area (Å²) in [7, 11) is 0. The maximum Gasteiger partial charge on any atom is 0.219 e. The molecule has 0 unspecified atom stereocenters. The Hall–Kier alpha value is -1.68. The van der Waals surface area contributed by atoms with E-state index in [-0.39, 0.29) is 6.42 Å². The van der Waals surface area contributed by atoms with Crippen LogP contribution in [-0.2, 0) is 16.1 Å². The second kappa shape index (κ2) is 5.93. The molecular formula is C11H14N2O2. The third-order valence-electron chi connectivity index (χ3n) is 2.00. The maximum absolute atomic E-state index is 10.6. The van der Waals surface area contributed by atoms with E-state index in [1.165, 1.54) is 0 Å². The Morgan fingerprint density at radius 3 is 2.60 bits per heavy atom. The molecule has 0 aliphatic carbocycles. The van der Waals surface area contributed by atoms with Crippen LogP contribution >= 0.6 is 0 Å². The topological polar surface area (TPSA) is 72.2 Å². The predicted molar refractivity (Wildman–Crippen MR) is 56.9 cm³/mol. The number of benzene rings is 1. The minimum absolute atomic E-state index is 0.0380. The van der Waals surface area contributed by atoms with Crippen molar-refractivity contribution in [1.82, 2.24) is 5.32 Å². The van der Waals surface area contributed by atoms with Crippen LogP contribution in [-0.4, -0.2) is 18.2 Å². The minimum Gasteiger partial charge on any atom is -0.370 e. The van der Waals surface area contributed by atoms with Crippen LogP contribution in [0.5, 0.6) is 0 Å². The first kappa shape index (κ1) is 11.4. The number of hydrogen-bond acceptors (Lipinski definition) is 3. The Bertz CT molecular complexity index is 325. The maximum atomic E-state index is 10.6. The first-order chi connectivity index (χ1) is 7.22. The Balaban J connectivity index is 2.41. The van der Waals surface area contributed by atoms with Crippen molar-refractivity contribution in [2.75, 3.05) is 0 Å². The largest absolute Gasteiger partial charge is 0.370 e. The van der Waals surface area contributed by atoms with Gasteiger partial charge in [-0.25, -0.2) is 0 Å². The number of nitrogens with two attached hydrogens (primary N) is 1. The monoisotopic (exact) mass is 206 g/mol. The van der Waals surface area contributed by atoms with Crippen LogP contribution in [0.1, 0.15) is 12.0 Å². The molecule has 80 valence electrons. The summed E-state index contributed by atoms with van der Waals surface area (Å²) >= 11 is 0. The molecule has 1 aromatic carbocycles. The molecule has 1 atom stereocenters. The van der Waals surface area contributed by atoms with E-state index in [1.807, 2.05) is 30.3 Å². The lowest BCUT2D eigenvalue weighted by Crippen LogP contribution is -2.34. The Morgan fingerprint density at radius 2 is 2.07 bits per heavy atom. The third kappa shape index (κ3) is 4.37. The molecule has 0 bridgehead atoms. The fourth-order valence-electron chi connectivity index (χ4n) is 1.23. The van der Waals surface area contributed by atoms with E-state index in [0.29, 0.717) is 12.8 Å². The van der Waals surface area contributed by atoms with Crippen LogP contribution in [0, 0.1) is 0 Å². The normalized spacial score (nSPS) is 12.0. The van der Waals surface area contributed by atoms with Crippen molar-refractivity contribution >= 4 is 12.2 Å². The summed E-state index contributed by atoms with van der Waals surface area (Å²) in [6, 6.07) is 9.15. The fraction of sp³-hybridized carbons (Fsp3) is 0.273. The van der Waals surface area contributed by atoms with Crippen LogP contribution in [0.2, 0.25) is 0 Å². The molecule has 4 nitrogen and oxygen atoms in total. The third-order valence-corrected chi connectivity index (χ3v) is 2.00. The van der Waals surface area contributed by atoms with Crippen LogP contribution in [0.3, 0.4) is 0 Å². The highest BCUT2D eigenvalue weighted by atomic mass is 16.1. The van der Waals surface area contributed by atoms with Gasteiger partial charge in [0, 0.05) is 13.0 Å². The summed E-state index contributed by atoms with van der Waals surface area (Å²) in [5.74, 6) is -0.479. The number of carbonyl (C=O) groups is 2. The smallest absolute Gasteiger partial charge is 0.219 e. The van der Waals surface area contributed by atoms with Crippen molar-refractivity contribution in [1.29, 1.82) is 0 Å². The van der Waals surface area contributed by atoms with Crippen molar-refractivity contribution in [3.05, 3.63) is 35.9 Å². The summed E-state index contributed by atoms with van der Waals surface area (Å²) in [5.41, 5.74) is 6.06. The zero-order chi connectivity index (χ0) is 11.1. The van der Waals surface area contributed by atoms with Gasteiger partial charge in [0.15, 0.2) is 0 Å². The lowest BCUT2D eigenvalue weighted by Gasteiger charge is -2.10. The summed E-state index contributed by atoms with van der Waals surface area (Å²) in [6.07, 6.45) is 0.740. The van der Waals surface area contributed by atoms with Gasteiger partial charge in [-0.1, -0.05) is 30.3 Å². The number of carbonyl (C=O) groups excluding carboxylic acids is 2. The van der Waals surface area contributed by atoms with E-state index in [2.05, 4.69) is 5.32 Å². The van der Waals surface area contributed by atoms with Crippen LogP contribution < -0.4 is 11.1 Å². The predicted octanol–water partition coefficient (Wildman–Crippen LogP) is 0.219. The number of rotatable bonds is 6. The molecule has 0 spiro atoms. The average Bonchev–Trinajstić information content (AvgIpc) is 2.25. The Labute approximate surface area is 88.5 Å². The van der Waals surface area contributed by atoms with Crippen molar-refractivity contribution in [2.45, 2.75) is 19.0 Å². The molecule has 0 saturated heterocycles. The van der Waals surface area contributed by atoms with Gasteiger partial charge in [0.25, 0.3) is 0 Å². The lowest BCUT2D eigenvalue weighted by molar-refractivity contribution is -0.120. The summed E-state index contributed by atoms with van der Waals surface area (Å²) in [6.45, 7) is 0.553. The summed E-state index contributed by atoms with van der Waals surface area (Å²) in [4.78, 5) is 21.2. The first-order valence-corrected chi connectivity index (χ1v) is 4.73. The molecule has 4 heteroatoms. The second-order valence-corrected chi connectivity index (χ2v) is 3.28. The van der Waals surface area contributed by atoms with Gasteiger partial charge in [-0.2, -0.15) is 0 Å². The SMILES string of the molecule is NC(=O)C[C@@H](C=O)NCc1ccccc1. The van der Waals surface area contributed by atoms with E-state index in [4.69, 9.17) is 5.73 Å². The average molecular weight is 206 g/mol. The number of nitrogens with one attached hydrogen (secondary N) is 1. The fourth-order valence-corrected chi connectivity index (χ4v) is 1.23. The molecule has 0 aliphatic rings. The van der Waals surface area contributed by atoms with E-state index in [1.54, 1.807) is 0 Å². The van der Waals surface area contributed by atoms with Gasteiger partial charge in [0.05, 0.1) is 6.04 Å². The molecule has 15 heavy (non-hydrogen) atoms. The molecule has 1 amide bonds. The van der Waals surface area contributed by atoms with Gasteiger partial charge in [0.1, 0.15) is 6.29 Å². The zero-order valence-corrected chi connectivity index (χ0v) is 8.35. The van der Waals surface area contributed by atoms with E-state index < -0.39 is 11.9 Å². The highest BCUT2D eigenvalue weighted by Gasteiger charge is 2.09. The highest BCUT2D eigenvalue weighted by Crippen LogP contribution is 1.98. The van der Waals surface area contributed by atoms with Crippen molar-refractivity contribution < 1.29 is 9.59 Å². The van der Waals surface area contributed by atoms with E-state index in [9.17, 15) is 9.59 Å². The highest BCUT2D eigenvalue weighted by molar-refractivity contribution is 5.78. The van der Waals surface area contributed by atoms with Gasteiger partial charge < -0.3 is 15.8 Å². The van der Waals surface area contributed by atoms with E-state index >= 15 is 0 Å². The molecule has 0 heterocycles. The van der Waals surface area contributed by atoms with Gasteiger partial charge in [-0.05, 0) is 5.56 Å². The second-order valence-electron chi connectivity index (χ2n) is 3.28. The molecule has 0 saturated carbocycles. The Morgan fingerprint density at radius 1 is 1.40 bits per heavy atom. The van der Waals surface area contributed by atoms with Crippen molar-refractivity contribution in [3.63, 3.8) is 0 Å². The van der Waals surface area contributed by atoms with Crippen molar-refractivity contribution in [2.24, 2.45) is 5.73 Å². The Kier molecular flexibility index (Phi) is 4.50. The van der Waals surface area contributed by atoms with Crippen LogP contribution in [0.25, 0.3) is 0 Å². The zero-order valence-electron chi connectivity index (χ0n) is 8.35. The molecule has 0 aromatic heterocycles. The summed E-state index contributed by atoms with van der Waals surface area (Å²) < 4.78 is 0. The first-order valence-electron chi connectivity index (χ1n) is 4.73. The number of primary amides is 1. The molecule has 1 aromatic rings. The standard InChI is InChI=1S/C11H14N2O2/c12-11(15)6-10(8-14)13-7-9-4-2-1-3-5-9/h1-5,8,10,13H,6-7H2,(H2,12,15)/t10-/m0/s1. The molecule has 3 N–H and O–H groups in total. The number of aldehydes is 1. The van der Waals surface area contributed by atoms with Gasteiger partial charge >= 0.3 is 0 Å².